The minimum atomic E-state index is -0.0734. The largest absolute Gasteiger partial charge is 0.333 e. The van der Waals surface area contributed by atoms with Crippen LogP contribution in [0.2, 0.25) is 0 Å². The molecule has 5 nitrogen and oxygen atoms in total. The van der Waals surface area contributed by atoms with Gasteiger partial charge in [0.05, 0.1) is 6.04 Å². The summed E-state index contributed by atoms with van der Waals surface area (Å²) in [6.07, 6.45) is 0.576. The second kappa shape index (κ2) is 11.3. The van der Waals surface area contributed by atoms with Gasteiger partial charge < -0.3 is 15.1 Å². The van der Waals surface area contributed by atoms with Crippen molar-refractivity contribution < 1.29 is 9.59 Å². The fourth-order valence-electron chi connectivity index (χ4n) is 3.97. The zero-order valence-corrected chi connectivity index (χ0v) is 19.5. The molecule has 2 aromatic rings. The van der Waals surface area contributed by atoms with E-state index in [1.54, 1.807) is 11.8 Å². The molecule has 2 amide bonds. The molecular weight excluding hydrogens is 406 g/mol. The van der Waals surface area contributed by atoms with Gasteiger partial charge in [-0.15, -0.1) is 11.8 Å². The van der Waals surface area contributed by atoms with E-state index in [0.29, 0.717) is 12.3 Å². The maximum atomic E-state index is 13.1. The fraction of sp³-hybridized carbons (Fsp3) is 0.440. The topological polar surface area (TPSA) is 52.7 Å². The van der Waals surface area contributed by atoms with Crippen LogP contribution in [0.5, 0.6) is 0 Å². The van der Waals surface area contributed by atoms with Crippen molar-refractivity contribution in [1.29, 1.82) is 0 Å². The lowest BCUT2D eigenvalue weighted by molar-refractivity contribution is -0.132. The van der Waals surface area contributed by atoms with Crippen molar-refractivity contribution >= 4 is 29.3 Å². The third kappa shape index (κ3) is 7.11. The monoisotopic (exact) mass is 439 g/mol. The molecule has 31 heavy (non-hydrogen) atoms. The Morgan fingerprint density at radius 1 is 1.03 bits per heavy atom. The number of hydrogen-bond donors (Lipinski definition) is 1. The van der Waals surface area contributed by atoms with Crippen LogP contribution < -0.4 is 5.32 Å². The highest BCUT2D eigenvalue weighted by Gasteiger charge is 2.28. The number of carbonyl (C=O) groups is 2. The van der Waals surface area contributed by atoms with E-state index in [1.807, 2.05) is 42.5 Å². The summed E-state index contributed by atoms with van der Waals surface area (Å²) in [7, 11) is 0. The number of hydrogen-bond acceptors (Lipinski definition) is 4. The zero-order valence-electron chi connectivity index (χ0n) is 18.7. The quantitative estimate of drug-likeness (QED) is 0.608. The molecule has 1 heterocycles. The van der Waals surface area contributed by atoms with Crippen molar-refractivity contribution in [2.45, 2.75) is 38.1 Å². The third-order valence-electron chi connectivity index (χ3n) is 5.39. The Bertz CT molecular complexity index is 855. The SMILES string of the molecule is CC(=O)Nc1ccc(SC[C@@H](c2ccccc2)N2CCN(CC(C)C)CCC2=O)cc1. The van der Waals surface area contributed by atoms with E-state index in [0.717, 1.165) is 42.5 Å². The number of anilines is 1. The molecule has 1 saturated heterocycles. The number of nitrogens with zero attached hydrogens (tertiary/aromatic N) is 2. The highest BCUT2D eigenvalue weighted by atomic mass is 32.2. The summed E-state index contributed by atoms with van der Waals surface area (Å²) in [6.45, 7) is 9.51. The van der Waals surface area contributed by atoms with Gasteiger partial charge in [-0.2, -0.15) is 0 Å². The standard InChI is InChI=1S/C25H33N3O2S/c1-19(2)17-27-14-13-25(30)28(16-15-27)24(21-7-5-4-6-8-21)18-31-23-11-9-22(10-12-23)26-20(3)29/h4-12,19,24H,13-18H2,1-3H3,(H,26,29)/t24-/m0/s1. The summed E-state index contributed by atoms with van der Waals surface area (Å²) in [6, 6.07) is 18.3. The molecule has 166 valence electrons. The molecule has 1 N–H and O–H groups in total. The number of rotatable bonds is 8. The molecule has 0 bridgehead atoms. The Hall–Kier alpha value is -2.31. The number of carbonyl (C=O) groups excluding carboxylic acids is 2. The molecule has 0 aliphatic carbocycles. The van der Waals surface area contributed by atoms with Crippen molar-refractivity contribution in [2.75, 3.05) is 37.2 Å². The first-order chi connectivity index (χ1) is 14.9. The van der Waals surface area contributed by atoms with Gasteiger partial charge in [-0.3, -0.25) is 9.59 Å². The second-order valence-electron chi connectivity index (χ2n) is 8.47. The Morgan fingerprint density at radius 2 is 1.74 bits per heavy atom. The van der Waals surface area contributed by atoms with Gasteiger partial charge in [-0.25, -0.2) is 0 Å². The van der Waals surface area contributed by atoms with E-state index < -0.39 is 0 Å². The van der Waals surface area contributed by atoms with Crippen molar-refractivity contribution in [3.8, 4) is 0 Å². The predicted molar refractivity (Wildman–Crippen MR) is 128 cm³/mol. The van der Waals surface area contributed by atoms with Crippen LogP contribution in [0.1, 0.15) is 38.8 Å². The minimum Gasteiger partial charge on any atom is -0.333 e. The minimum absolute atomic E-state index is 0.0349. The van der Waals surface area contributed by atoms with Crippen LogP contribution in [0.25, 0.3) is 0 Å². The molecule has 3 rings (SSSR count). The van der Waals surface area contributed by atoms with E-state index in [2.05, 4.69) is 41.1 Å². The van der Waals surface area contributed by atoms with E-state index >= 15 is 0 Å². The van der Waals surface area contributed by atoms with Gasteiger partial charge in [-0.05, 0) is 35.7 Å². The lowest BCUT2D eigenvalue weighted by Gasteiger charge is -2.31. The number of amides is 2. The summed E-state index contributed by atoms with van der Waals surface area (Å²) in [4.78, 5) is 29.9. The molecule has 0 radical (unpaired) electrons. The number of benzene rings is 2. The van der Waals surface area contributed by atoms with E-state index in [9.17, 15) is 9.59 Å². The van der Waals surface area contributed by atoms with Gasteiger partial charge >= 0.3 is 0 Å². The number of thioether (sulfide) groups is 1. The highest BCUT2D eigenvalue weighted by molar-refractivity contribution is 7.99. The van der Waals surface area contributed by atoms with Gasteiger partial charge in [0.2, 0.25) is 11.8 Å². The molecule has 1 aliphatic rings. The molecule has 6 heteroatoms. The Labute approximate surface area is 190 Å². The molecule has 0 spiro atoms. The molecule has 0 saturated carbocycles. The first kappa shape index (κ1) is 23.4. The molecule has 0 unspecified atom stereocenters. The van der Waals surface area contributed by atoms with Gasteiger partial charge in [-0.1, -0.05) is 44.2 Å². The summed E-state index contributed by atoms with van der Waals surface area (Å²) >= 11 is 1.74. The van der Waals surface area contributed by atoms with Crippen molar-refractivity contribution in [3.05, 3.63) is 60.2 Å². The Morgan fingerprint density at radius 3 is 2.39 bits per heavy atom. The lowest BCUT2D eigenvalue weighted by atomic mass is 10.1. The van der Waals surface area contributed by atoms with Crippen molar-refractivity contribution in [1.82, 2.24) is 9.80 Å². The first-order valence-corrected chi connectivity index (χ1v) is 12.0. The van der Waals surface area contributed by atoms with Crippen LogP contribution in [0.4, 0.5) is 5.69 Å². The highest BCUT2D eigenvalue weighted by Crippen LogP contribution is 2.31. The number of nitrogens with one attached hydrogen (secondary N) is 1. The van der Waals surface area contributed by atoms with Gasteiger partial charge in [0.15, 0.2) is 0 Å². The van der Waals surface area contributed by atoms with Gasteiger partial charge in [0, 0.05) is 55.9 Å². The molecule has 1 fully saturated rings. The summed E-state index contributed by atoms with van der Waals surface area (Å²) in [5.41, 5.74) is 1.97. The van der Waals surface area contributed by atoms with E-state index in [1.165, 1.54) is 12.5 Å². The predicted octanol–water partition coefficient (Wildman–Crippen LogP) is 4.67. The van der Waals surface area contributed by atoms with Crippen molar-refractivity contribution in [2.24, 2.45) is 5.92 Å². The van der Waals surface area contributed by atoms with Crippen LogP contribution >= 0.6 is 11.8 Å². The Kier molecular flexibility index (Phi) is 8.55. The zero-order chi connectivity index (χ0) is 22.2. The van der Waals surface area contributed by atoms with Crippen LogP contribution in [0, 0.1) is 5.92 Å². The average Bonchev–Trinajstić information content (AvgIpc) is 2.91. The second-order valence-corrected chi connectivity index (χ2v) is 9.57. The third-order valence-corrected chi connectivity index (χ3v) is 6.47. The van der Waals surface area contributed by atoms with Crippen LogP contribution in [0.15, 0.2) is 59.5 Å². The van der Waals surface area contributed by atoms with Crippen LogP contribution in [0.3, 0.4) is 0 Å². The summed E-state index contributed by atoms with van der Waals surface area (Å²) in [5.74, 6) is 1.56. The lowest BCUT2D eigenvalue weighted by Crippen LogP contribution is -2.38. The maximum Gasteiger partial charge on any atom is 0.224 e. The van der Waals surface area contributed by atoms with Gasteiger partial charge in [0.1, 0.15) is 0 Å². The molecule has 2 aromatic carbocycles. The van der Waals surface area contributed by atoms with E-state index in [4.69, 9.17) is 0 Å². The van der Waals surface area contributed by atoms with Gasteiger partial charge in [0.25, 0.3) is 0 Å². The van der Waals surface area contributed by atoms with Crippen LogP contribution in [-0.2, 0) is 9.59 Å². The first-order valence-electron chi connectivity index (χ1n) is 11.0. The molecule has 1 aliphatic heterocycles. The fourth-order valence-corrected chi connectivity index (χ4v) is 5.02. The average molecular weight is 440 g/mol. The van der Waals surface area contributed by atoms with Crippen LogP contribution in [-0.4, -0.2) is 53.5 Å². The molecule has 0 aromatic heterocycles. The Balaban J connectivity index is 1.73. The summed E-state index contributed by atoms with van der Waals surface area (Å²) in [5, 5.41) is 2.80. The molecular formula is C25H33N3O2S. The summed E-state index contributed by atoms with van der Waals surface area (Å²) < 4.78 is 0. The normalized spacial score (nSPS) is 16.3. The van der Waals surface area contributed by atoms with Crippen molar-refractivity contribution in [3.63, 3.8) is 0 Å². The smallest absolute Gasteiger partial charge is 0.224 e. The maximum absolute atomic E-state index is 13.1. The molecule has 1 atom stereocenters. The van der Waals surface area contributed by atoms with E-state index in [-0.39, 0.29) is 17.9 Å².